The number of carbonyl (C=O) groups is 2. The van der Waals surface area contributed by atoms with Crippen LogP contribution in [0.15, 0.2) is 48.5 Å². The van der Waals surface area contributed by atoms with Crippen molar-refractivity contribution in [3.8, 4) is 0 Å². The zero-order valence-corrected chi connectivity index (χ0v) is 13.0. The third-order valence-corrected chi connectivity index (χ3v) is 4.05. The molecule has 1 amide bonds. The van der Waals surface area contributed by atoms with E-state index in [2.05, 4.69) is 12.2 Å². The monoisotopic (exact) mass is 309 g/mol. The number of cyclic esters (lactones) is 1. The Morgan fingerprint density at radius 2 is 2.00 bits per heavy atom. The molecule has 1 aliphatic heterocycles. The summed E-state index contributed by atoms with van der Waals surface area (Å²) in [5.74, 6) is -0.499. The van der Waals surface area contributed by atoms with Gasteiger partial charge in [-0.15, -0.1) is 0 Å². The molecule has 0 bridgehead atoms. The molecule has 0 aromatic heterocycles. The predicted octanol–water partition coefficient (Wildman–Crippen LogP) is 3.88. The number of hydrogen-bond donors (Lipinski definition) is 1. The number of fused-ring (bicyclic) bond motifs is 1. The van der Waals surface area contributed by atoms with Gasteiger partial charge in [-0.25, -0.2) is 4.79 Å². The van der Waals surface area contributed by atoms with Gasteiger partial charge < -0.3 is 10.1 Å². The molecule has 1 aliphatic rings. The Bertz CT molecular complexity index is 725. The van der Waals surface area contributed by atoms with E-state index in [-0.39, 0.29) is 24.4 Å². The second-order valence-electron chi connectivity index (χ2n) is 5.69. The van der Waals surface area contributed by atoms with Crippen molar-refractivity contribution in [2.24, 2.45) is 0 Å². The minimum absolute atomic E-state index is 0.0248. The first-order valence-electron chi connectivity index (χ1n) is 7.85. The molecular weight excluding hydrogens is 290 g/mol. The third kappa shape index (κ3) is 3.26. The number of nitrogens with one attached hydrogen (secondary N) is 1. The van der Waals surface area contributed by atoms with Crippen LogP contribution in [0.1, 0.15) is 47.2 Å². The maximum atomic E-state index is 12.7. The minimum Gasteiger partial charge on any atom is -0.457 e. The number of amides is 1. The van der Waals surface area contributed by atoms with Gasteiger partial charge in [0.25, 0.3) is 0 Å². The molecule has 23 heavy (non-hydrogen) atoms. The highest BCUT2D eigenvalue weighted by Gasteiger charge is 2.23. The molecule has 1 atom stereocenters. The van der Waals surface area contributed by atoms with Crippen molar-refractivity contribution < 1.29 is 14.3 Å². The summed E-state index contributed by atoms with van der Waals surface area (Å²) >= 11 is 0. The summed E-state index contributed by atoms with van der Waals surface area (Å²) in [4.78, 5) is 24.1. The molecule has 0 aliphatic carbocycles. The fraction of sp³-hybridized carbons (Fsp3) is 0.263. The maximum Gasteiger partial charge on any atom is 0.338 e. The van der Waals surface area contributed by atoms with E-state index in [1.54, 1.807) is 12.1 Å². The van der Waals surface area contributed by atoms with Crippen LogP contribution >= 0.6 is 0 Å². The number of carbonyl (C=O) groups excluding carboxylic acids is 2. The van der Waals surface area contributed by atoms with Crippen molar-refractivity contribution in [3.63, 3.8) is 0 Å². The molecule has 2 aromatic rings. The van der Waals surface area contributed by atoms with Gasteiger partial charge in [-0.05, 0) is 30.2 Å². The molecule has 0 fully saturated rings. The van der Waals surface area contributed by atoms with Gasteiger partial charge in [0, 0.05) is 11.3 Å². The lowest BCUT2D eigenvalue weighted by Crippen LogP contribution is -2.21. The summed E-state index contributed by atoms with van der Waals surface area (Å²) in [5.41, 5.74) is 3.12. The first-order chi connectivity index (χ1) is 11.2. The number of anilines is 1. The molecule has 0 radical (unpaired) electrons. The Morgan fingerprint density at radius 1 is 1.22 bits per heavy atom. The topological polar surface area (TPSA) is 55.4 Å². The van der Waals surface area contributed by atoms with Crippen LogP contribution in [-0.2, 0) is 16.1 Å². The van der Waals surface area contributed by atoms with Gasteiger partial charge >= 0.3 is 5.97 Å². The lowest BCUT2D eigenvalue weighted by Gasteiger charge is -2.17. The van der Waals surface area contributed by atoms with E-state index in [9.17, 15) is 9.59 Å². The summed E-state index contributed by atoms with van der Waals surface area (Å²) in [6.07, 6.45) is 1.72. The minimum atomic E-state index is -0.300. The van der Waals surface area contributed by atoms with Crippen LogP contribution in [0, 0.1) is 0 Å². The lowest BCUT2D eigenvalue weighted by atomic mass is 9.93. The highest BCUT2D eigenvalue weighted by molar-refractivity contribution is 5.98. The molecule has 0 spiro atoms. The van der Waals surface area contributed by atoms with Crippen LogP contribution in [-0.4, -0.2) is 11.9 Å². The Labute approximate surface area is 135 Å². The SMILES string of the molecule is CCCC(C(=O)Nc1ccc2c(c1)COC2=O)c1ccccc1. The van der Waals surface area contributed by atoms with Crippen molar-refractivity contribution in [1.82, 2.24) is 0 Å². The van der Waals surface area contributed by atoms with E-state index < -0.39 is 0 Å². The highest BCUT2D eigenvalue weighted by Crippen LogP contribution is 2.26. The number of hydrogen-bond acceptors (Lipinski definition) is 3. The zero-order chi connectivity index (χ0) is 16.2. The van der Waals surface area contributed by atoms with Crippen molar-refractivity contribution in [2.45, 2.75) is 32.3 Å². The normalized spacial score (nSPS) is 14.0. The number of ether oxygens (including phenoxy) is 1. The van der Waals surface area contributed by atoms with Crippen LogP contribution in [0.25, 0.3) is 0 Å². The van der Waals surface area contributed by atoms with Gasteiger partial charge in [-0.1, -0.05) is 43.7 Å². The molecule has 118 valence electrons. The van der Waals surface area contributed by atoms with Gasteiger partial charge in [0.2, 0.25) is 5.91 Å². The molecule has 1 unspecified atom stereocenters. The third-order valence-electron chi connectivity index (χ3n) is 4.05. The molecule has 3 rings (SSSR count). The van der Waals surface area contributed by atoms with Crippen molar-refractivity contribution >= 4 is 17.6 Å². The zero-order valence-electron chi connectivity index (χ0n) is 13.0. The van der Waals surface area contributed by atoms with Crippen LogP contribution < -0.4 is 5.32 Å². The van der Waals surface area contributed by atoms with Gasteiger partial charge in [0.1, 0.15) is 6.61 Å². The van der Waals surface area contributed by atoms with Gasteiger partial charge in [-0.2, -0.15) is 0 Å². The fourth-order valence-corrected chi connectivity index (χ4v) is 2.86. The Balaban J connectivity index is 1.78. The second-order valence-corrected chi connectivity index (χ2v) is 5.69. The largest absolute Gasteiger partial charge is 0.457 e. The van der Waals surface area contributed by atoms with Crippen molar-refractivity contribution in [2.75, 3.05) is 5.32 Å². The number of benzene rings is 2. The van der Waals surface area contributed by atoms with E-state index >= 15 is 0 Å². The molecule has 4 heteroatoms. The average molecular weight is 309 g/mol. The number of esters is 1. The van der Waals surface area contributed by atoms with Crippen LogP contribution in [0.5, 0.6) is 0 Å². The summed E-state index contributed by atoms with van der Waals surface area (Å²) in [6.45, 7) is 2.34. The first-order valence-corrected chi connectivity index (χ1v) is 7.85. The molecule has 0 saturated carbocycles. The smallest absolute Gasteiger partial charge is 0.338 e. The van der Waals surface area contributed by atoms with E-state index in [1.165, 1.54) is 0 Å². The quantitative estimate of drug-likeness (QED) is 0.853. The highest BCUT2D eigenvalue weighted by atomic mass is 16.5. The standard InChI is InChI=1S/C19H19NO3/c1-2-6-16(13-7-4-3-5-8-13)18(21)20-15-9-10-17-14(11-15)12-23-19(17)22/h3-5,7-11,16H,2,6,12H2,1H3,(H,20,21). The maximum absolute atomic E-state index is 12.7. The van der Waals surface area contributed by atoms with Crippen LogP contribution in [0.3, 0.4) is 0 Å². The van der Waals surface area contributed by atoms with Crippen molar-refractivity contribution in [3.05, 3.63) is 65.2 Å². The average Bonchev–Trinajstić information content (AvgIpc) is 2.94. The summed E-state index contributed by atoms with van der Waals surface area (Å²) in [5, 5.41) is 2.96. The molecule has 1 heterocycles. The Morgan fingerprint density at radius 3 is 2.74 bits per heavy atom. The van der Waals surface area contributed by atoms with Gasteiger partial charge in [-0.3, -0.25) is 4.79 Å². The Kier molecular flexibility index (Phi) is 4.42. The molecule has 2 aromatic carbocycles. The summed E-state index contributed by atoms with van der Waals surface area (Å²) in [6, 6.07) is 15.1. The van der Waals surface area contributed by atoms with Gasteiger partial charge in [0.15, 0.2) is 0 Å². The second kappa shape index (κ2) is 6.65. The summed E-state index contributed by atoms with van der Waals surface area (Å²) in [7, 11) is 0. The van der Waals surface area contributed by atoms with E-state index in [1.807, 2.05) is 36.4 Å². The van der Waals surface area contributed by atoms with E-state index in [0.717, 1.165) is 24.0 Å². The molecular formula is C19H19NO3. The fourth-order valence-electron chi connectivity index (χ4n) is 2.86. The van der Waals surface area contributed by atoms with Crippen LogP contribution in [0.4, 0.5) is 5.69 Å². The van der Waals surface area contributed by atoms with Crippen molar-refractivity contribution in [1.29, 1.82) is 0 Å². The van der Waals surface area contributed by atoms with Crippen LogP contribution in [0.2, 0.25) is 0 Å². The first kappa shape index (κ1) is 15.3. The lowest BCUT2D eigenvalue weighted by molar-refractivity contribution is -0.117. The van der Waals surface area contributed by atoms with E-state index in [4.69, 9.17) is 4.74 Å². The predicted molar refractivity (Wildman–Crippen MR) is 88.3 cm³/mol. The summed E-state index contributed by atoms with van der Waals surface area (Å²) < 4.78 is 4.99. The molecule has 4 nitrogen and oxygen atoms in total. The van der Waals surface area contributed by atoms with Gasteiger partial charge in [0.05, 0.1) is 11.5 Å². The van der Waals surface area contributed by atoms with E-state index in [0.29, 0.717) is 11.3 Å². The molecule has 1 N–H and O–H groups in total. The Hall–Kier alpha value is -2.62. The number of rotatable bonds is 5. The molecule has 0 saturated heterocycles.